The Morgan fingerprint density at radius 1 is 1.17 bits per heavy atom. The van der Waals surface area contributed by atoms with Crippen LogP contribution in [-0.2, 0) is 18.3 Å². The van der Waals surface area contributed by atoms with E-state index in [-0.39, 0.29) is 23.9 Å². The van der Waals surface area contributed by atoms with Crippen molar-refractivity contribution in [2.75, 3.05) is 41.3 Å². The molecular weight excluding hydrogens is 571 g/mol. The molecule has 1 saturated heterocycles. The number of carbonyl (C=O) groups is 2. The maximum absolute atomic E-state index is 13.1. The van der Waals surface area contributed by atoms with Gasteiger partial charge in [0.15, 0.2) is 5.82 Å². The number of hydrogen-bond donors (Lipinski definition) is 2. The van der Waals surface area contributed by atoms with Gasteiger partial charge in [-0.15, -0.1) is 32.9 Å². The van der Waals surface area contributed by atoms with Gasteiger partial charge < -0.3 is 20.0 Å². The molecule has 1 fully saturated rings. The number of aryl methyl sites for hydroxylation is 2. The van der Waals surface area contributed by atoms with Crippen LogP contribution in [0.5, 0.6) is 0 Å². The van der Waals surface area contributed by atoms with Gasteiger partial charge in [0.05, 0.1) is 15.8 Å². The summed E-state index contributed by atoms with van der Waals surface area (Å²) in [6.45, 7) is 7.76. The first kappa shape index (κ1) is 29.9. The number of thiophene rings is 2. The summed E-state index contributed by atoms with van der Waals surface area (Å²) >= 11 is 2.95. The number of hydrogen-bond acceptors (Lipinski definition) is 10. The van der Waals surface area contributed by atoms with Crippen LogP contribution in [0.2, 0.25) is 0 Å². The number of aromatic amines is 1. The fourth-order valence-corrected chi connectivity index (χ4v) is 8.93. The molecule has 1 aliphatic carbocycles. The Hall–Kier alpha value is -3.60. The number of nitrogens with zero attached hydrogens (tertiary/aromatic N) is 7. The molecule has 2 N–H and O–H groups in total. The third-order valence-corrected chi connectivity index (χ3v) is 10.7. The van der Waals surface area contributed by atoms with Gasteiger partial charge in [0.25, 0.3) is 11.8 Å². The fraction of sp³-hybridized carbons (Fsp3) is 0.517. The molecule has 3 aromatic heterocycles. The van der Waals surface area contributed by atoms with Crippen LogP contribution in [0.25, 0.3) is 0 Å². The lowest BCUT2D eigenvalue weighted by Crippen LogP contribution is -2.41. The molecule has 3 aromatic rings. The minimum absolute atomic E-state index is 0.0487. The summed E-state index contributed by atoms with van der Waals surface area (Å²) in [7, 11) is 7.03. The number of likely N-dealkylation sites (tertiary alicyclic amines) is 1. The molecule has 2 amide bonds. The van der Waals surface area contributed by atoms with Crippen LogP contribution < -0.4 is 5.32 Å². The summed E-state index contributed by atoms with van der Waals surface area (Å²) in [6.07, 6.45) is 3.87. The number of carbonyl (C=O) groups excluding carboxylic acids is 2. The van der Waals surface area contributed by atoms with E-state index >= 15 is 0 Å². The highest BCUT2D eigenvalue weighted by atomic mass is 32.1. The third kappa shape index (κ3) is 5.34. The molecule has 0 saturated carbocycles. The molecule has 4 heterocycles. The van der Waals surface area contributed by atoms with Crippen LogP contribution in [0, 0.1) is 11.3 Å². The second kappa shape index (κ2) is 11.9. The Bertz CT molecular complexity index is 1450. The topological polar surface area (TPSA) is 134 Å². The van der Waals surface area contributed by atoms with E-state index in [0.29, 0.717) is 28.5 Å². The zero-order chi connectivity index (χ0) is 30.2. The van der Waals surface area contributed by atoms with E-state index in [4.69, 9.17) is 0 Å². The number of aromatic nitrogens is 4. The van der Waals surface area contributed by atoms with Crippen molar-refractivity contribution in [3.63, 3.8) is 0 Å². The van der Waals surface area contributed by atoms with Gasteiger partial charge in [-0.3, -0.25) is 9.59 Å². The summed E-state index contributed by atoms with van der Waals surface area (Å²) in [5.74, 6) is 0.412. The molecule has 1 unspecified atom stereocenters. The quantitative estimate of drug-likeness (QED) is 0.379. The molecule has 1 aliphatic heterocycles. The highest BCUT2D eigenvalue weighted by Gasteiger charge is 2.49. The van der Waals surface area contributed by atoms with Gasteiger partial charge in [-0.25, -0.2) is 0 Å². The van der Waals surface area contributed by atoms with Crippen LogP contribution in [-0.4, -0.2) is 101 Å². The van der Waals surface area contributed by atoms with E-state index in [2.05, 4.69) is 50.4 Å². The van der Waals surface area contributed by atoms with Crippen LogP contribution in [0.4, 0.5) is 0 Å². The molecule has 0 bridgehead atoms. The molecule has 2 atom stereocenters. The van der Waals surface area contributed by atoms with Crippen molar-refractivity contribution >= 4 is 34.5 Å². The molecule has 0 radical (unpaired) electrons. The molecule has 11 nitrogen and oxygen atoms in total. The molecule has 13 heteroatoms. The summed E-state index contributed by atoms with van der Waals surface area (Å²) < 4.78 is 0. The van der Waals surface area contributed by atoms with E-state index in [1.165, 1.54) is 22.7 Å². The van der Waals surface area contributed by atoms with E-state index in [1.807, 2.05) is 12.1 Å². The van der Waals surface area contributed by atoms with Crippen LogP contribution in [0.15, 0.2) is 24.4 Å². The Morgan fingerprint density at radius 3 is 2.26 bits per heavy atom. The second-order valence-electron chi connectivity index (χ2n) is 11.5. The molecule has 0 spiro atoms. The largest absolute Gasteiger partial charge is 0.358 e. The summed E-state index contributed by atoms with van der Waals surface area (Å²) in [4.78, 5) is 34.9. The van der Waals surface area contributed by atoms with Crippen molar-refractivity contribution in [3.05, 3.63) is 60.9 Å². The van der Waals surface area contributed by atoms with Crippen LogP contribution in [0.1, 0.15) is 72.2 Å². The SMILES string of the molecule is C=C(CN[C@H](C)CC1(c2nn[nH]n2)c2sc(C(=O)N(C)C)cc2CCc2cc(C(=O)N(C)C)sc21)N1CCCC1C#N. The van der Waals surface area contributed by atoms with Gasteiger partial charge in [0, 0.05) is 62.8 Å². The van der Waals surface area contributed by atoms with Crippen molar-refractivity contribution in [2.45, 2.75) is 56.5 Å². The number of nitrogens with one attached hydrogen (secondary N) is 2. The zero-order valence-electron chi connectivity index (χ0n) is 24.7. The van der Waals surface area contributed by atoms with Crippen molar-refractivity contribution in [3.8, 4) is 6.07 Å². The Balaban J connectivity index is 1.59. The number of amides is 2. The Labute approximate surface area is 254 Å². The summed E-state index contributed by atoms with van der Waals surface area (Å²) in [5.41, 5.74) is 2.23. The Morgan fingerprint density at radius 2 is 1.76 bits per heavy atom. The number of nitriles is 1. The van der Waals surface area contributed by atoms with Crippen LogP contribution in [0.3, 0.4) is 0 Å². The first-order valence-electron chi connectivity index (χ1n) is 14.1. The zero-order valence-corrected chi connectivity index (χ0v) is 26.4. The average molecular weight is 608 g/mol. The highest BCUT2D eigenvalue weighted by Crippen LogP contribution is 2.52. The summed E-state index contributed by atoms with van der Waals surface area (Å²) in [5, 5.41) is 28.9. The van der Waals surface area contributed by atoms with Gasteiger partial charge in [-0.05, 0) is 62.3 Å². The van der Waals surface area contributed by atoms with E-state index < -0.39 is 5.41 Å². The molecule has 2 aliphatic rings. The first-order chi connectivity index (χ1) is 20.1. The minimum Gasteiger partial charge on any atom is -0.358 e. The minimum atomic E-state index is -0.838. The molecule has 5 rings (SSSR count). The smallest absolute Gasteiger partial charge is 0.263 e. The normalized spacial score (nSPS) is 18.0. The van der Waals surface area contributed by atoms with Crippen molar-refractivity contribution in [2.24, 2.45) is 0 Å². The van der Waals surface area contributed by atoms with Gasteiger partial charge >= 0.3 is 0 Å². The first-order valence-corrected chi connectivity index (χ1v) is 15.7. The van der Waals surface area contributed by atoms with Crippen molar-refractivity contribution < 1.29 is 9.59 Å². The second-order valence-corrected chi connectivity index (χ2v) is 13.6. The number of rotatable bonds is 9. The lowest BCUT2D eigenvalue weighted by atomic mass is 9.76. The van der Waals surface area contributed by atoms with Gasteiger partial charge in [0.2, 0.25) is 0 Å². The van der Waals surface area contributed by atoms with Gasteiger partial charge in [0.1, 0.15) is 11.5 Å². The van der Waals surface area contributed by atoms with E-state index in [0.717, 1.165) is 58.8 Å². The maximum atomic E-state index is 13.1. The van der Waals surface area contributed by atoms with E-state index in [1.54, 1.807) is 38.0 Å². The van der Waals surface area contributed by atoms with Gasteiger partial charge in [-0.2, -0.15) is 10.5 Å². The number of tetrazole rings is 1. The summed E-state index contributed by atoms with van der Waals surface area (Å²) in [6, 6.07) is 6.23. The lowest BCUT2D eigenvalue weighted by molar-refractivity contribution is 0.0825. The molecular formula is C29H37N9O2S2. The standard InChI is InChI=1S/C29H37N9O2S2/c1-17(31-16-18(2)38-11-7-8-21(38)15-30)14-29(28-32-34-35-33-28)24-19(12-22(41-24)26(39)36(3)4)9-10-20-13-23(42-25(20)29)27(40)37(5)6/h12-13,17,21,31H,2,7-11,14,16H2,1,3-6H3,(H,32,33,34,35)/t17-,21?/m1/s1. The predicted octanol–water partition coefficient (Wildman–Crippen LogP) is 3.03. The molecule has 42 heavy (non-hydrogen) atoms. The lowest BCUT2D eigenvalue weighted by Gasteiger charge is -2.34. The van der Waals surface area contributed by atoms with Crippen LogP contribution >= 0.6 is 22.7 Å². The average Bonchev–Trinajstić information content (AvgIpc) is 3.78. The van der Waals surface area contributed by atoms with Crippen molar-refractivity contribution in [1.29, 1.82) is 5.26 Å². The monoisotopic (exact) mass is 607 g/mol. The molecule has 222 valence electrons. The van der Waals surface area contributed by atoms with Crippen molar-refractivity contribution in [1.82, 2.24) is 40.6 Å². The number of fused-ring (bicyclic) bond motifs is 2. The fourth-order valence-electron chi connectivity index (χ4n) is 6.00. The van der Waals surface area contributed by atoms with E-state index in [9.17, 15) is 14.9 Å². The third-order valence-electron chi connectivity index (χ3n) is 8.09. The maximum Gasteiger partial charge on any atom is 0.263 e. The number of H-pyrrole nitrogens is 1. The molecule has 0 aromatic carbocycles. The highest BCUT2D eigenvalue weighted by molar-refractivity contribution is 7.16. The predicted molar refractivity (Wildman–Crippen MR) is 163 cm³/mol. The van der Waals surface area contributed by atoms with Gasteiger partial charge in [-0.1, -0.05) is 11.8 Å². The Kier molecular flexibility index (Phi) is 8.50.